The van der Waals surface area contributed by atoms with Gasteiger partial charge >= 0.3 is 0 Å². The van der Waals surface area contributed by atoms with Crippen LogP contribution in [0, 0.1) is 11.8 Å². The molecule has 3 heterocycles. The van der Waals surface area contributed by atoms with Crippen LogP contribution in [0.2, 0.25) is 0 Å². The highest BCUT2D eigenvalue weighted by Gasteiger charge is 2.41. The van der Waals surface area contributed by atoms with Crippen LogP contribution in [-0.4, -0.2) is 57.7 Å². The molecule has 170 valence electrons. The second kappa shape index (κ2) is 8.09. The summed E-state index contributed by atoms with van der Waals surface area (Å²) in [5.41, 5.74) is 4.66. The van der Waals surface area contributed by atoms with E-state index in [9.17, 15) is 9.90 Å². The fourth-order valence-corrected chi connectivity index (χ4v) is 6.04. The number of likely N-dealkylation sites (tertiary alicyclic amines) is 1. The first-order valence-electron chi connectivity index (χ1n) is 11.8. The molecule has 0 amide bonds. The quantitative estimate of drug-likeness (QED) is 0.644. The maximum atomic E-state index is 12.0. The summed E-state index contributed by atoms with van der Waals surface area (Å²) in [5.74, 6) is 1.73. The molecular weight excluding hydrogens is 400 g/mol. The Morgan fingerprint density at radius 1 is 1.12 bits per heavy atom. The van der Waals surface area contributed by atoms with E-state index < -0.39 is 0 Å². The number of aromatic amines is 1. The number of nitrogens with zero attached hydrogens (tertiary/aromatic N) is 3. The lowest BCUT2D eigenvalue weighted by atomic mass is 10.0. The van der Waals surface area contributed by atoms with Crippen molar-refractivity contribution in [1.82, 2.24) is 19.4 Å². The van der Waals surface area contributed by atoms with Gasteiger partial charge in [-0.2, -0.15) is 0 Å². The van der Waals surface area contributed by atoms with Crippen LogP contribution in [0.1, 0.15) is 31.0 Å². The smallest absolute Gasteiger partial charge is 0.252 e. The Labute approximate surface area is 189 Å². The predicted molar refractivity (Wildman–Crippen MR) is 129 cm³/mol. The fourth-order valence-electron chi connectivity index (χ4n) is 6.04. The summed E-state index contributed by atoms with van der Waals surface area (Å²) < 4.78 is 2.29. The highest BCUT2D eigenvalue weighted by molar-refractivity contribution is 5.86. The van der Waals surface area contributed by atoms with Crippen LogP contribution in [-0.2, 0) is 20.0 Å². The van der Waals surface area contributed by atoms with Crippen LogP contribution >= 0.6 is 0 Å². The van der Waals surface area contributed by atoms with Crippen LogP contribution in [0.4, 0.5) is 0 Å². The normalized spacial score (nSPS) is 23.5. The standard InChI is InChI=1S/C26H34N4O2/c1-5-22-24(31)12-25(32)27-26(22)16-6-7-23-17(8-16)9-21(29(23)4)15-30-13-18-10-20(28(2)3)11-19(18)14-30/h6-9,12,18-20H,5,10-11,13-15H2,1-4H3,(H2,27,31,32)/t18-,19+,20?. The van der Waals surface area contributed by atoms with Gasteiger partial charge < -0.3 is 19.6 Å². The van der Waals surface area contributed by atoms with Gasteiger partial charge in [0.25, 0.3) is 5.56 Å². The number of fused-ring (bicyclic) bond motifs is 2. The third kappa shape index (κ3) is 3.65. The molecule has 5 rings (SSSR count). The molecule has 1 unspecified atom stereocenters. The summed E-state index contributed by atoms with van der Waals surface area (Å²) >= 11 is 0. The van der Waals surface area contributed by atoms with Gasteiger partial charge in [-0.3, -0.25) is 9.69 Å². The zero-order valence-electron chi connectivity index (χ0n) is 19.6. The van der Waals surface area contributed by atoms with E-state index in [2.05, 4.69) is 58.7 Å². The molecule has 32 heavy (non-hydrogen) atoms. The lowest BCUT2D eigenvalue weighted by molar-refractivity contribution is 0.245. The Bertz CT molecular complexity index is 1190. The highest BCUT2D eigenvalue weighted by atomic mass is 16.3. The molecule has 3 aromatic rings. The lowest BCUT2D eigenvalue weighted by Crippen LogP contribution is -2.29. The fraction of sp³-hybridized carbons (Fsp3) is 0.500. The summed E-state index contributed by atoms with van der Waals surface area (Å²) in [6.07, 6.45) is 3.31. The van der Waals surface area contributed by atoms with Crippen molar-refractivity contribution in [1.29, 1.82) is 0 Å². The van der Waals surface area contributed by atoms with E-state index in [-0.39, 0.29) is 11.3 Å². The van der Waals surface area contributed by atoms with Crippen molar-refractivity contribution in [3.63, 3.8) is 0 Å². The Morgan fingerprint density at radius 3 is 2.50 bits per heavy atom. The number of benzene rings is 1. The first-order valence-corrected chi connectivity index (χ1v) is 11.8. The van der Waals surface area contributed by atoms with Crippen molar-refractivity contribution in [3.8, 4) is 17.0 Å². The molecule has 0 spiro atoms. The van der Waals surface area contributed by atoms with E-state index in [1.165, 1.54) is 48.6 Å². The molecule has 6 heteroatoms. The molecule has 1 aromatic carbocycles. The summed E-state index contributed by atoms with van der Waals surface area (Å²) in [6.45, 7) is 5.36. The van der Waals surface area contributed by atoms with Gasteiger partial charge in [0.2, 0.25) is 0 Å². The van der Waals surface area contributed by atoms with E-state index in [1.54, 1.807) is 0 Å². The average Bonchev–Trinajstić information content (AvgIpc) is 3.39. The van der Waals surface area contributed by atoms with Gasteiger partial charge in [0.1, 0.15) is 5.75 Å². The van der Waals surface area contributed by atoms with E-state index in [1.807, 2.05) is 13.0 Å². The Hall–Kier alpha value is -2.57. The van der Waals surface area contributed by atoms with E-state index in [4.69, 9.17) is 0 Å². The van der Waals surface area contributed by atoms with Gasteiger partial charge in [-0.25, -0.2) is 0 Å². The molecule has 1 aliphatic heterocycles. The molecular formula is C26H34N4O2. The number of nitrogens with one attached hydrogen (secondary N) is 1. The number of aromatic nitrogens is 2. The summed E-state index contributed by atoms with van der Waals surface area (Å²) in [5, 5.41) is 11.4. The predicted octanol–water partition coefficient (Wildman–Crippen LogP) is 3.57. The third-order valence-electron chi connectivity index (χ3n) is 7.83. The lowest BCUT2D eigenvalue weighted by Gasteiger charge is -2.23. The van der Waals surface area contributed by atoms with Crippen molar-refractivity contribution < 1.29 is 5.11 Å². The van der Waals surface area contributed by atoms with Crippen molar-refractivity contribution in [3.05, 3.63) is 51.9 Å². The van der Waals surface area contributed by atoms with E-state index >= 15 is 0 Å². The monoisotopic (exact) mass is 434 g/mol. The molecule has 2 aliphatic rings. The van der Waals surface area contributed by atoms with Gasteiger partial charge in [-0.05, 0) is 69.0 Å². The highest BCUT2D eigenvalue weighted by Crippen LogP contribution is 2.40. The Kier molecular flexibility index (Phi) is 5.38. The maximum absolute atomic E-state index is 12.0. The van der Waals surface area contributed by atoms with E-state index in [0.717, 1.165) is 35.5 Å². The zero-order valence-corrected chi connectivity index (χ0v) is 19.6. The van der Waals surface area contributed by atoms with Gasteiger partial charge in [-0.15, -0.1) is 0 Å². The molecule has 2 N–H and O–H groups in total. The minimum Gasteiger partial charge on any atom is -0.507 e. The molecule has 1 saturated heterocycles. The van der Waals surface area contributed by atoms with Crippen LogP contribution in [0.5, 0.6) is 5.75 Å². The Balaban J connectivity index is 1.39. The van der Waals surface area contributed by atoms with Gasteiger partial charge in [0, 0.05) is 61.0 Å². The van der Waals surface area contributed by atoms with Crippen molar-refractivity contribution in [2.45, 2.75) is 38.8 Å². The van der Waals surface area contributed by atoms with E-state index in [0.29, 0.717) is 12.1 Å². The number of aromatic hydroxyl groups is 1. The van der Waals surface area contributed by atoms with Crippen LogP contribution in [0.25, 0.3) is 22.2 Å². The third-order valence-corrected chi connectivity index (χ3v) is 7.83. The van der Waals surface area contributed by atoms with Gasteiger partial charge in [-0.1, -0.05) is 13.0 Å². The molecule has 0 bridgehead atoms. The Morgan fingerprint density at radius 2 is 1.84 bits per heavy atom. The summed E-state index contributed by atoms with van der Waals surface area (Å²) in [6, 6.07) is 10.6. The minimum absolute atomic E-state index is 0.0659. The van der Waals surface area contributed by atoms with Crippen molar-refractivity contribution in [2.24, 2.45) is 18.9 Å². The van der Waals surface area contributed by atoms with Crippen LogP contribution in [0.3, 0.4) is 0 Å². The molecule has 2 fully saturated rings. The van der Waals surface area contributed by atoms with Crippen molar-refractivity contribution >= 4 is 10.9 Å². The zero-order chi connectivity index (χ0) is 22.6. The number of aryl methyl sites for hydroxylation is 1. The molecule has 2 aromatic heterocycles. The topological polar surface area (TPSA) is 64.5 Å². The number of H-pyrrole nitrogens is 1. The van der Waals surface area contributed by atoms with Crippen LogP contribution in [0.15, 0.2) is 35.1 Å². The largest absolute Gasteiger partial charge is 0.507 e. The SMILES string of the molecule is CCc1c(O)cc(=O)[nH]c1-c1ccc2c(c1)cc(CN1C[C@H]3CC(N(C)C)C[C@H]3C1)n2C. The number of rotatable bonds is 5. The van der Waals surface area contributed by atoms with Gasteiger partial charge in [0.05, 0.1) is 5.69 Å². The minimum atomic E-state index is -0.278. The first kappa shape index (κ1) is 21.3. The molecule has 0 radical (unpaired) electrons. The average molecular weight is 435 g/mol. The molecule has 3 atom stereocenters. The molecule has 1 saturated carbocycles. The number of pyridine rings is 1. The molecule has 1 aliphatic carbocycles. The first-order chi connectivity index (χ1) is 15.3. The number of hydrogen-bond acceptors (Lipinski definition) is 4. The second-order valence-electron chi connectivity index (χ2n) is 10.00. The summed E-state index contributed by atoms with van der Waals surface area (Å²) in [4.78, 5) is 19.9. The van der Waals surface area contributed by atoms with Crippen LogP contribution < -0.4 is 5.56 Å². The second-order valence-corrected chi connectivity index (χ2v) is 10.00. The van der Waals surface area contributed by atoms with Crippen molar-refractivity contribution in [2.75, 3.05) is 27.2 Å². The van der Waals surface area contributed by atoms with Gasteiger partial charge in [0.15, 0.2) is 0 Å². The number of hydrogen-bond donors (Lipinski definition) is 2. The summed E-state index contributed by atoms with van der Waals surface area (Å²) in [7, 11) is 6.57. The maximum Gasteiger partial charge on any atom is 0.252 e. The molecule has 6 nitrogen and oxygen atoms in total.